The number of H-pyrrole nitrogens is 1. The van der Waals surface area contributed by atoms with Crippen LogP contribution in [0.4, 0.5) is 10.6 Å². The van der Waals surface area contributed by atoms with E-state index < -0.39 is 16.3 Å². The summed E-state index contributed by atoms with van der Waals surface area (Å²) < 4.78 is 30.4. The van der Waals surface area contributed by atoms with Crippen molar-refractivity contribution in [3.63, 3.8) is 0 Å². The molecule has 1 heterocycles. The molecule has 0 fully saturated rings. The second kappa shape index (κ2) is 5.22. The summed E-state index contributed by atoms with van der Waals surface area (Å²) in [5, 5.41) is 16.9. The van der Waals surface area contributed by atoms with Crippen molar-refractivity contribution in [2.75, 3.05) is 11.8 Å². The number of amidine groups is 1. The van der Waals surface area contributed by atoms with Crippen molar-refractivity contribution in [3.05, 3.63) is 11.8 Å². The number of nitrogens with one attached hydrogen (secondary N) is 3. The molecule has 0 aliphatic carbocycles. The van der Waals surface area contributed by atoms with Gasteiger partial charge in [0.2, 0.25) is 0 Å². The average Bonchev–Trinajstić information content (AvgIpc) is 2.74. The Kier molecular flexibility index (Phi) is 3.93. The number of aromatic amines is 1. The van der Waals surface area contributed by atoms with Gasteiger partial charge in [-0.3, -0.25) is 5.10 Å². The molecule has 0 atom stereocenters. The van der Waals surface area contributed by atoms with Crippen molar-refractivity contribution in [2.24, 2.45) is 10.9 Å². The van der Waals surface area contributed by atoms with Gasteiger partial charge >= 0.3 is 16.3 Å². The topological polar surface area (TPSA) is 172 Å². The minimum Gasteiger partial charge on any atom is -0.452 e. The number of nitrogens with two attached hydrogens (primary N) is 1. The van der Waals surface area contributed by atoms with Crippen molar-refractivity contribution in [3.8, 4) is 0 Å². The van der Waals surface area contributed by atoms with Gasteiger partial charge in [-0.2, -0.15) is 13.5 Å². The fourth-order valence-corrected chi connectivity index (χ4v) is 1.70. The highest BCUT2D eigenvalue weighted by atomic mass is 32.2. The highest BCUT2D eigenvalue weighted by Gasteiger charge is 2.18. The lowest BCUT2D eigenvalue weighted by Crippen LogP contribution is -2.35. The standard InChI is InChI=1S/C6H10N6O5S/c1-17-6(13)12-18(15,16)11-5-3(2-8-9-5)4(7)10-14/h2,14H,1H3,(H2,7,10)(H,12,13)(H2,8,9,11). The zero-order chi connectivity index (χ0) is 13.8. The van der Waals surface area contributed by atoms with Crippen LogP contribution in [0.5, 0.6) is 0 Å². The molecule has 0 radical (unpaired) electrons. The van der Waals surface area contributed by atoms with E-state index in [2.05, 4.69) is 20.1 Å². The third kappa shape index (κ3) is 3.24. The van der Waals surface area contributed by atoms with Gasteiger partial charge in [0.15, 0.2) is 5.84 Å². The SMILES string of the molecule is COC(=O)NS(=O)(=O)Nc1[nH]ncc1C(N)=NO. The summed E-state index contributed by atoms with van der Waals surface area (Å²) in [6, 6.07) is 0. The Hall–Kier alpha value is -2.50. The summed E-state index contributed by atoms with van der Waals surface area (Å²) in [7, 11) is -3.22. The molecule has 0 saturated carbocycles. The van der Waals surface area contributed by atoms with Crippen LogP contribution in [0.2, 0.25) is 0 Å². The fourth-order valence-electron chi connectivity index (χ4n) is 0.923. The number of methoxy groups -OCH3 is 1. The predicted octanol–water partition coefficient (Wildman–Crippen LogP) is -1.48. The number of ether oxygens (including phenoxy) is 1. The molecule has 0 saturated heterocycles. The molecule has 0 aliphatic rings. The minimum atomic E-state index is -4.22. The average molecular weight is 278 g/mol. The van der Waals surface area contributed by atoms with Crippen LogP contribution in [0.25, 0.3) is 0 Å². The number of carbonyl (C=O) groups is 1. The number of hydrogen-bond acceptors (Lipinski definition) is 7. The van der Waals surface area contributed by atoms with Gasteiger partial charge in [0.1, 0.15) is 5.82 Å². The summed E-state index contributed by atoms with van der Waals surface area (Å²) in [5.41, 5.74) is 5.29. The lowest BCUT2D eigenvalue weighted by atomic mass is 10.3. The zero-order valence-electron chi connectivity index (χ0n) is 9.04. The Morgan fingerprint density at radius 3 is 2.89 bits per heavy atom. The van der Waals surface area contributed by atoms with E-state index in [1.807, 2.05) is 4.72 Å². The number of oxime groups is 1. The molecule has 1 amide bonds. The fraction of sp³-hybridized carbons (Fsp3) is 0.167. The van der Waals surface area contributed by atoms with Crippen molar-refractivity contribution < 1.29 is 23.2 Å². The van der Waals surface area contributed by atoms with Crippen LogP contribution in [0.1, 0.15) is 5.56 Å². The van der Waals surface area contributed by atoms with E-state index in [0.717, 1.165) is 13.3 Å². The Balaban J connectivity index is 2.92. The third-order valence-corrected chi connectivity index (χ3v) is 2.57. The molecular weight excluding hydrogens is 268 g/mol. The second-order valence-electron chi connectivity index (χ2n) is 2.84. The highest BCUT2D eigenvalue weighted by Crippen LogP contribution is 2.11. The maximum atomic E-state index is 11.4. The summed E-state index contributed by atoms with van der Waals surface area (Å²) in [6.45, 7) is 0. The van der Waals surface area contributed by atoms with Crippen LogP contribution in [0.15, 0.2) is 11.4 Å². The molecule has 0 spiro atoms. The molecule has 11 nitrogen and oxygen atoms in total. The molecular formula is C6H10N6O5S. The van der Waals surface area contributed by atoms with E-state index in [1.165, 1.54) is 4.72 Å². The minimum absolute atomic E-state index is 0.00717. The molecule has 0 aromatic carbocycles. The summed E-state index contributed by atoms with van der Waals surface area (Å²) in [4.78, 5) is 10.8. The largest absolute Gasteiger partial charge is 0.452 e. The molecule has 1 aromatic heterocycles. The highest BCUT2D eigenvalue weighted by molar-refractivity contribution is 7.91. The van der Waals surface area contributed by atoms with Gasteiger partial charge < -0.3 is 15.7 Å². The molecule has 18 heavy (non-hydrogen) atoms. The van der Waals surface area contributed by atoms with Crippen LogP contribution in [-0.2, 0) is 14.9 Å². The third-order valence-electron chi connectivity index (χ3n) is 1.66. The normalized spacial score (nSPS) is 11.9. The van der Waals surface area contributed by atoms with E-state index in [9.17, 15) is 13.2 Å². The molecule has 6 N–H and O–H groups in total. The van der Waals surface area contributed by atoms with Crippen molar-refractivity contribution >= 4 is 28.0 Å². The van der Waals surface area contributed by atoms with E-state index in [-0.39, 0.29) is 17.2 Å². The molecule has 0 aliphatic heterocycles. The molecule has 0 unspecified atom stereocenters. The Morgan fingerprint density at radius 2 is 2.33 bits per heavy atom. The number of aromatic nitrogens is 2. The van der Waals surface area contributed by atoms with Crippen molar-refractivity contribution in [1.82, 2.24) is 14.9 Å². The van der Waals surface area contributed by atoms with E-state index in [1.54, 1.807) is 0 Å². The number of amides is 1. The number of hydrogen-bond donors (Lipinski definition) is 5. The van der Waals surface area contributed by atoms with Gasteiger partial charge in [-0.05, 0) is 0 Å². The van der Waals surface area contributed by atoms with Gasteiger partial charge in [0.05, 0.1) is 18.9 Å². The monoisotopic (exact) mass is 278 g/mol. The Bertz CT molecular complexity index is 563. The van der Waals surface area contributed by atoms with Gasteiger partial charge in [0, 0.05) is 0 Å². The maximum Gasteiger partial charge on any atom is 0.422 e. The first-order valence-corrected chi connectivity index (χ1v) is 5.77. The summed E-state index contributed by atoms with van der Waals surface area (Å²) in [5.74, 6) is -0.541. The van der Waals surface area contributed by atoms with Crippen LogP contribution in [-0.4, -0.2) is 42.9 Å². The lowest BCUT2D eigenvalue weighted by molar-refractivity contribution is 0.177. The van der Waals surface area contributed by atoms with Crippen molar-refractivity contribution in [1.29, 1.82) is 0 Å². The lowest BCUT2D eigenvalue weighted by Gasteiger charge is -2.07. The second-order valence-corrected chi connectivity index (χ2v) is 4.26. The number of rotatable bonds is 4. The van der Waals surface area contributed by atoms with Crippen molar-refractivity contribution in [2.45, 2.75) is 0 Å². The van der Waals surface area contributed by atoms with Crippen LogP contribution < -0.4 is 15.2 Å². The van der Waals surface area contributed by atoms with E-state index >= 15 is 0 Å². The van der Waals surface area contributed by atoms with Gasteiger partial charge in [-0.25, -0.2) is 14.2 Å². The molecule has 100 valence electrons. The van der Waals surface area contributed by atoms with Crippen LogP contribution in [0.3, 0.4) is 0 Å². The van der Waals surface area contributed by atoms with Gasteiger partial charge in [-0.1, -0.05) is 5.16 Å². The molecule has 0 bridgehead atoms. The van der Waals surface area contributed by atoms with E-state index in [0.29, 0.717) is 0 Å². The number of carbonyl (C=O) groups excluding carboxylic acids is 1. The molecule has 1 aromatic rings. The zero-order valence-corrected chi connectivity index (χ0v) is 9.85. The number of nitrogens with zero attached hydrogens (tertiary/aromatic N) is 2. The first-order valence-electron chi connectivity index (χ1n) is 4.29. The first-order chi connectivity index (χ1) is 8.39. The van der Waals surface area contributed by atoms with E-state index in [4.69, 9.17) is 10.9 Å². The molecule has 12 heteroatoms. The van der Waals surface area contributed by atoms with Gasteiger partial charge in [-0.15, -0.1) is 0 Å². The summed E-state index contributed by atoms with van der Waals surface area (Å²) in [6.07, 6.45) is -0.0437. The van der Waals surface area contributed by atoms with Gasteiger partial charge in [0.25, 0.3) is 0 Å². The van der Waals surface area contributed by atoms with Crippen LogP contribution >= 0.6 is 0 Å². The quantitative estimate of drug-likeness (QED) is 0.193. The maximum absolute atomic E-state index is 11.4. The summed E-state index contributed by atoms with van der Waals surface area (Å²) >= 11 is 0. The number of anilines is 1. The van der Waals surface area contributed by atoms with Crippen LogP contribution in [0, 0.1) is 0 Å². The predicted molar refractivity (Wildman–Crippen MR) is 59.2 cm³/mol. The Morgan fingerprint density at radius 1 is 1.67 bits per heavy atom. The molecule has 1 rings (SSSR count). The smallest absolute Gasteiger partial charge is 0.422 e. The Labute approximate surface area is 101 Å². The first kappa shape index (κ1) is 13.6.